The van der Waals surface area contributed by atoms with Crippen LogP contribution in [-0.2, 0) is 11.3 Å². The average molecular weight is 772 g/mol. The third-order valence-electron chi connectivity index (χ3n) is 11.7. The molecule has 0 spiro atoms. The highest BCUT2D eigenvalue weighted by atomic mass is 16.6. The molecule has 12 heteroatoms. The van der Waals surface area contributed by atoms with Crippen molar-refractivity contribution in [2.75, 3.05) is 39.3 Å². The van der Waals surface area contributed by atoms with Crippen LogP contribution < -0.4 is 20.9 Å². The third-order valence-corrected chi connectivity index (χ3v) is 11.7. The Balaban J connectivity index is 0.825. The number of aliphatic hydroxyl groups excluding tert-OH is 1. The molecule has 2 bridgehead atoms. The molecule has 5 N–H and O–H groups in total. The number of likely N-dealkylation sites (tertiary alicyclic amines) is 1. The van der Waals surface area contributed by atoms with Gasteiger partial charge in [-0.25, -0.2) is 4.79 Å². The van der Waals surface area contributed by atoms with Crippen molar-refractivity contribution < 1.29 is 29.3 Å². The number of alkyl carbamates (subject to hydrolysis) is 1. The molecule has 4 saturated heterocycles. The van der Waals surface area contributed by atoms with Gasteiger partial charge in [0.15, 0.2) is 0 Å². The number of pyridine rings is 1. The molecule has 2 unspecified atom stereocenters. The van der Waals surface area contributed by atoms with Crippen molar-refractivity contribution in [1.82, 2.24) is 25.4 Å². The Bertz CT molecular complexity index is 2230. The Morgan fingerprint density at radius 2 is 1.60 bits per heavy atom. The fourth-order valence-electron chi connectivity index (χ4n) is 8.44. The van der Waals surface area contributed by atoms with Crippen LogP contribution in [-0.4, -0.2) is 88.4 Å². The van der Waals surface area contributed by atoms with Gasteiger partial charge in [0.05, 0.1) is 17.7 Å². The SMILES string of the molecule is O=C(N[C@@H](c1ccccc1)c1cccc(OCc2ccc(C(=O)N3CCC(NCC(O)c4ccc(O)c5[nH]c(=O)ccc45)CC3)cc2)c1)OC1CN2CCC1CC2. The normalized spacial score (nSPS) is 20.5. The van der Waals surface area contributed by atoms with E-state index in [1.54, 1.807) is 12.1 Å². The van der Waals surface area contributed by atoms with Gasteiger partial charge in [0.1, 0.15) is 24.2 Å². The van der Waals surface area contributed by atoms with Gasteiger partial charge in [-0.05, 0) is 103 Å². The zero-order valence-corrected chi connectivity index (χ0v) is 31.8. The van der Waals surface area contributed by atoms with E-state index in [0.717, 1.165) is 62.0 Å². The summed E-state index contributed by atoms with van der Waals surface area (Å²) in [5.41, 5.74) is 3.95. The van der Waals surface area contributed by atoms with Crippen LogP contribution in [0.25, 0.3) is 10.9 Å². The van der Waals surface area contributed by atoms with Crippen molar-refractivity contribution in [2.45, 2.75) is 56.6 Å². The predicted molar refractivity (Wildman–Crippen MR) is 216 cm³/mol. The van der Waals surface area contributed by atoms with Gasteiger partial charge in [0.25, 0.3) is 5.91 Å². The van der Waals surface area contributed by atoms with Crippen LogP contribution in [0, 0.1) is 5.92 Å². The molecule has 1 aromatic heterocycles. The zero-order chi connectivity index (χ0) is 39.3. The lowest BCUT2D eigenvalue weighted by molar-refractivity contribution is -0.0336. The highest BCUT2D eigenvalue weighted by molar-refractivity contribution is 5.94. The molecule has 3 atom stereocenters. The van der Waals surface area contributed by atoms with Crippen molar-refractivity contribution in [2.24, 2.45) is 5.92 Å². The Hall–Kier alpha value is -5.69. The first-order valence-electron chi connectivity index (χ1n) is 19.9. The second-order valence-corrected chi connectivity index (χ2v) is 15.4. The second kappa shape index (κ2) is 17.2. The molecule has 0 aliphatic carbocycles. The number of aromatic hydroxyl groups is 1. The number of carbonyl (C=O) groups is 2. The first kappa shape index (κ1) is 38.2. The van der Waals surface area contributed by atoms with Crippen molar-refractivity contribution in [1.29, 1.82) is 0 Å². The quantitative estimate of drug-likeness (QED) is 0.108. The molecule has 12 nitrogen and oxygen atoms in total. The maximum Gasteiger partial charge on any atom is 0.408 e. The number of nitrogens with zero attached hydrogens (tertiary/aromatic N) is 2. The molecule has 296 valence electrons. The van der Waals surface area contributed by atoms with E-state index in [1.807, 2.05) is 83.8 Å². The van der Waals surface area contributed by atoms with E-state index < -0.39 is 18.2 Å². The first-order valence-corrected chi connectivity index (χ1v) is 19.9. The van der Waals surface area contributed by atoms with Crippen LogP contribution in [0.4, 0.5) is 4.79 Å². The minimum absolute atomic E-state index is 0.0234. The topological polar surface area (TPSA) is 156 Å². The molecule has 4 aromatic carbocycles. The Morgan fingerprint density at radius 3 is 2.33 bits per heavy atom. The lowest BCUT2D eigenvalue weighted by Gasteiger charge is -2.43. The Labute approximate surface area is 331 Å². The summed E-state index contributed by atoms with van der Waals surface area (Å²) in [5.74, 6) is 1.02. The lowest BCUT2D eigenvalue weighted by atomic mass is 9.86. The largest absolute Gasteiger partial charge is 0.506 e. The number of nitrogens with one attached hydrogen (secondary N) is 3. The molecule has 57 heavy (non-hydrogen) atoms. The first-order chi connectivity index (χ1) is 27.8. The van der Waals surface area contributed by atoms with E-state index in [2.05, 4.69) is 20.5 Å². The summed E-state index contributed by atoms with van der Waals surface area (Å²) in [5, 5.41) is 28.3. The van der Waals surface area contributed by atoms with Gasteiger partial charge in [0.2, 0.25) is 5.56 Å². The van der Waals surface area contributed by atoms with Crippen LogP contribution in [0.1, 0.15) is 70.4 Å². The number of hydrogen-bond donors (Lipinski definition) is 5. The molecule has 0 saturated carbocycles. The molecule has 5 heterocycles. The van der Waals surface area contributed by atoms with Crippen molar-refractivity contribution in [3.05, 3.63) is 141 Å². The monoisotopic (exact) mass is 771 g/mol. The van der Waals surface area contributed by atoms with Crippen LogP contribution >= 0.6 is 0 Å². The molecular formula is C45H49N5O7. The summed E-state index contributed by atoms with van der Waals surface area (Å²) in [6.45, 7) is 4.74. The van der Waals surface area contributed by atoms with E-state index in [0.29, 0.717) is 59.9 Å². The number of rotatable bonds is 12. The summed E-state index contributed by atoms with van der Waals surface area (Å²) < 4.78 is 12.2. The van der Waals surface area contributed by atoms with Gasteiger partial charge in [0, 0.05) is 49.2 Å². The van der Waals surface area contributed by atoms with Crippen molar-refractivity contribution >= 4 is 22.9 Å². The summed E-state index contributed by atoms with van der Waals surface area (Å²) in [6.07, 6.45) is 2.28. The third kappa shape index (κ3) is 8.99. The van der Waals surface area contributed by atoms with Gasteiger partial charge in [-0.1, -0.05) is 60.7 Å². The molecular weight excluding hydrogens is 723 g/mol. The number of aromatic nitrogens is 1. The molecule has 9 rings (SSSR count). The van der Waals surface area contributed by atoms with E-state index in [1.165, 1.54) is 12.1 Å². The molecule has 0 radical (unpaired) electrons. The molecule has 4 fully saturated rings. The fraction of sp³-hybridized carbons (Fsp3) is 0.356. The standard InChI is InChI=1S/C45H49N5O7/c51-38-15-13-36(37-14-16-41(53)47-43(37)38)39(52)26-46-34-19-23-50(24-20-34)44(54)32-11-9-29(10-12-32)28-56-35-8-4-7-33(25-35)42(31-5-2-1-3-6-31)48-45(55)57-40-27-49-21-17-30(40)18-22-49/h1-16,25,30,34,39-40,42,46,51-52H,17-24,26-28H2,(H,47,53)(H,48,55)/t39?,40?,42-/m0/s1. The number of aliphatic hydroxyl groups is 1. The van der Waals surface area contributed by atoms with E-state index >= 15 is 0 Å². The number of phenols is 1. The zero-order valence-electron chi connectivity index (χ0n) is 31.8. The van der Waals surface area contributed by atoms with E-state index in [4.69, 9.17) is 9.47 Å². The number of hydrogen-bond acceptors (Lipinski definition) is 9. The van der Waals surface area contributed by atoms with Crippen molar-refractivity contribution in [3.63, 3.8) is 0 Å². The minimum atomic E-state index is -0.844. The number of fused-ring (bicyclic) bond motifs is 4. The molecule has 2 amide bonds. The van der Waals surface area contributed by atoms with Gasteiger partial charge >= 0.3 is 6.09 Å². The van der Waals surface area contributed by atoms with Crippen LogP contribution in [0.15, 0.2) is 108 Å². The lowest BCUT2D eigenvalue weighted by Crippen LogP contribution is -2.52. The number of ether oxygens (including phenoxy) is 2. The second-order valence-electron chi connectivity index (χ2n) is 15.4. The number of H-pyrrole nitrogens is 1. The summed E-state index contributed by atoms with van der Waals surface area (Å²) in [7, 11) is 0. The Morgan fingerprint density at radius 1 is 0.842 bits per heavy atom. The summed E-state index contributed by atoms with van der Waals surface area (Å²) >= 11 is 0. The minimum Gasteiger partial charge on any atom is -0.506 e. The smallest absolute Gasteiger partial charge is 0.408 e. The molecule has 4 aliphatic heterocycles. The summed E-state index contributed by atoms with van der Waals surface area (Å²) in [4.78, 5) is 45.3. The highest BCUT2D eigenvalue weighted by Crippen LogP contribution is 2.32. The fourth-order valence-corrected chi connectivity index (χ4v) is 8.44. The number of piperidine rings is 4. The maximum absolute atomic E-state index is 13.4. The van der Waals surface area contributed by atoms with Crippen LogP contribution in [0.5, 0.6) is 11.5 Å². The van der Waals surface area contributed by atoms with Crippen molar-refractivity contribution in [3.8, 4) is 11.5 Å². The van der Waals surface area contributed by atoms with E-state index in [-0.39, 0.29) is 29.4 Å². The van der Waals surface area contributed by atoms with Crippen LogP contribution in [0.3, 0.4) is 0 Å². The average Bonchev–Trinajstić information content (AvgIpc) is 3.25. The number of amides is 2. The number of carbonyl (C=O) groups excluding carboxylic acids is 2. The van der Waals surface area contributed by atoms with Gasteiger partial charge < -0.3 is 40.2 Å². The number of phenolic OH excluding ortho intramolecular Hbond substituents is 1. The molecule has 5 aromatic rings. The maximum atomic E-state index is 13.4. The highest BCUT2D eigenvalue weighted by Gasteiger charge is 2.37. The van der Waals surface area contributed by atoms with Gasteiger partial charge in [-0.15, -0.1) is 0 Å². The molecule has 4 aliphatic rings. The van der Waals surface area contributed by atoms with E-state index in [9.17, 15) is 24.6 Å². The predicted octanol–water partition coefficient (Wildman–Crippen LogP) is 5.65. The summed E-state index contributed by atoms with van der Waals surface area (Å²) in [6, 6.07) is 30.9. The van der Waals surface area contributed by atoms with Gasteiger partial charge in [-0.3, -0.25) is 14.5 Å². The Kier molecular flexibility index (Phi) is 11.5. The van der Waals surface area contributed by atoms with Gasteiger partial charge in [-0.2, -0.15) is 0 Å². The van der Waals surface area contributed by atoms with Crippen LogP contribution in [0.2, 0.25) is 0 Å². The number of benzene rings is 4. The number of aromatic amines is 1.